The molecule has 1 fully saturated rings. The first-order valence-corrected chi connectivity index (χ1v) is 5.85. The summed E-state index contributed by atoms with van der Waals surface area (Å²) >= 11 is 1.34. The van der Waals surface area contributed by atoms with Crippen molar-refractivity contribution >= 4 is 22.4 Å². The van der Waals surface area contributed by atoms with Crippen LogP contribution in [0.5, 0.6) is 0 Å². The molecule has 1 aliphatic rings. The maximum Gasteiger partial charge on any atom is 0.246 e. The van der Waals surface area contributed by atoms with E-state index in [1.807, 2.05) is 0 Å². The third kappa shape index (κ3) is 2.05. The molecule has 0 unspecified atom stereocenters. The number of aromatic nitrogens is 1. The number of rotatable bonds is 2. The van der Waals surface area contributed by atoms with E-state index >= 15 is 0 Å². The summed E-state index contributed by atoms with van der Waals surface area (Å²) in [6, 6.07) is 2.11. The lowest BCUT2D eigenvalue weighted by Gasteiger charge is -2.28. The van der Waals surface area contributed by atoms with Gasteiger partial charge >= 0.3 is 0 Å². The van der Waals surface area contributed by atoms with E-state index in [0.717, 1.165) is 0 Å². The number of nitrogens with zero attached hydrogens (tertiary/aromatic N) is 2. The van der Waals surface area contributed by atoms with Crippen molar-refractivity contribution in [3.05, 3.63) is 11.6 Å². The first-order valence-electron chi connectivity index (χ1n) is 4.97. The van der Waals surface area contributed by atoms with Crippen LogP contribution < -0.4 is 5.32 Å². The Kier molecular flexibility index (Phi) is 3.17. The van der Waals surface area contributed by atoms with Gasteiger partial charge in [0.05, 0.1) is 6.07 Å². The third-order valence-electron chi connectivity index (χ3n) is 2.65. The molecule has 6 heteroatoms. The monoisotopic (exact) mass is 237 g/mol. The van der Waals surface area contributed by atoms with Gasteiger partial charge in [-0.1, -0.05) is 0 Å². The van der Waals surface area contributed by atoms with E-state index in [1.54, 1.807) is 11.6 Å². The molecule has 2 heterocycles. The molecule has 1 aromatic rings. The Labute approximate surface area is 97.1 Å². The van der Waals surface area contributed by atoms with Crippen molar-refractivity contribution in [2.24, 2.45) is 5.41 Å². The van der Waals surface area contributed by atoms with Crippen molar-refractivity contribution in [2.75, 3.05) is 18.5 Å². The molecule has 5 nitrogen and oxygen atoms in total. The Morgan fingerprint density at radius 3 is 2.94 bits per heavy atom. The first-order chi connectivity index (χ1) is 7.77. The predicted molar refractivity (Wildman–Crippen MR) is 58.8 cm³/mol. The summed E-state index contributed by atoms with van der Waals surface area (Å²) in [5.74, 6) is -0.270. The fourth-order valence-corrected chi connectivity index (χ4v) is 2.14. The zero-order valence-electron chi connectivity index (χ0n) is 8.60. The summed E-state index contributed by atoms with van der Waals surface area (Å²) in [7, 11) is 0. The number of ether oxygens (including phenoxy) is 1. The van der Waals surface area contributed by atoms with E-state index in [4.69, 9.17) is 10.00 Å². The number of nitrogens with one attached hydrogen (secondary N) is 1. The van der Waals surface area contributed by atoms with Gasteiger partial charge in [0, 0.05) is 24.8 Å². The summed E-state index contributed by atoms with van der Waals surface area (Å²) in [4.78, 5) is 16.0. The lowest BCUT2D eigenvalue weighted by molar-refractivity contribution is -0.126. The lowest BCUT2D eigenvalue weighted by Crippen LogP contribution is -2.39. The highest BCUT2D eigenvalue weighted by Gasteiger charge is 2.40. The molecule has 0 aromatic carbocycles. The molecule has 1 aliphatic heterocycles. The van der Waals surface area contributed by atoms with E-state index < -0.39 is 5.41 Å². The van der Waals surface area contributed by atoms with E-state index in [-0.39, 0.29) is 5.91 Å². The second-order valence-electron chi connectivity index (χ2n) is 3.60. The Hall–Kier alpha value is -1.45. The highest BCUT2D eigenvalue weighted by atomic mass is 32.1. The van der Waals surface area contributed by atoms with Gasteiger partial charge in [-0.15, -0.1) is 11.3 Å². The molecule has 0 radical (unpaired) electrons. The highest BCUT2D eigenvalue weighted by Crippen LogP contribution is 2.31. The molecule has 1 aromatic heterocycles. The smallest absolute Gasteiger partial charge is 0.246 e. The molecule has 0 saturated carbocycles. The minimum Gasteiger partial charge on any atom is -0.381 e. The Balaban J connectivity index is 2.10. The van der Waals surface area contributed by atoms with Crippen LogP contribution in [0.15, 0.2) is 11.6 Å². The number of amides is 1. The summed E-state index contributed by atoms with van der Waals surface area (Å²) in [6.45, 7) is 0.914. The SMILES string of the molecule is N#CC1(C(=O)Nc2nccs2)CCOCC1. The quantitative estimate of drug-likeness (QED) is 0.843. The molecule has 1 amide bonds. The van der Waals surface area contributed by atoms with Gasteiger partial charge in [0.15, 0.2) is 5.13 Å². The van der Waals surface area contributed by atoms with Crippen LogP contribution in [0, 0.1) is 16.7 Å². The fourth-order valence-electron chi connectivity index (χ4n) is 1.61. The van der Waals surface area contributed by atoms with Crippen molar-refractivity contribution in [1.82, 2.24) is 4.98 Å². The maximum atomic E-state index is 12.0. The summed E-state index contributed by atoms with van der Waals surface area (Å²) in [6.07, 6.45) is 2.50. The van der Waals surface area contributed by atoms with Gasteiger partial charge in [0.25, 0.3) is 0 Å². The average molecular weight is 237 g/mol. The molecule has 0 aliphatic carbocycles. The topological polar surface area (TPSA) is 75.0 Å². The normalized spacial score (nSPS) is 18.7. The molecule has 2 rings (SSSR count). The number of carbonyl (C=O) groups excluding carboxylic acids is 1. The fraction of sp³-hybridized carbons (Fsp3) is 0.500. The van der Waals surface area contributed by atoms with E-state index in [0.29, 0.717) is 31.2 Å². The number of carbonyl (C=O) groups is 1. The van der Waals surface area contributed by atoms with Gasteiger partial charge in [-0.3, -0.25) is 4.79 Å². The minimum absolute atomic E-state index is 0.270. The van der Waals surface area contributed by atoms with Crippen LogP contribution in [0.3, 0.4) is 0 Å². The van der Waals surface area contributed by atoms with Gasteiger partial charge < -0.3 is 10.1 Å². The largest absolute Gasteiger partial charge is 0.381 e. The molecule has 16 heavy (non-hydrogen) atoms. The van der Waals surface area contributed by atoms with Gasteiger partial charge in [0.1, 0.15) is 5.41 Å². The van der Waals surface area contributed by atoms with Crippen molar-refractivity contribution in [2.45, 2.75) is 12.8 Å². The Morgan fingerprint density at radius 2 is 2.38 bits per heavy atom. The van der Waals surface area contributed by atoms with Gasteiger partial charge in [-0.25, -0.2) is 4.98 Å². The van der Waals surface area contributed by atoms with Gasteiger partial charge in [-0.05, 0) is 12.8 Å². The summed E-state index contributed by atoms with van der Waals surface area (Å²) in [5, 5.41) is 14.1. The Bertz CT molecular complexity index is 404. The molecule has 1 N–H and O–H groups in total. The first kappa shape index (κ1) is 11.0. The number of anilines is 1. The number of thiazole rings is 1. The van der Waals surface area contributed by atoms with Crippen molar-refractivity contribution in [1.29, 1.82) is 5.26 Å². The van der Waals surface area contributed by atoms with Crippen LogP contribution >= 0.6 is 11.3 Å². The van der Waals surface area contributed by atoms with Crippen LogP contribution in [0.2, 0.25) is 0 Å². The number of nitriles is 1. The molecular weight excluding hydrogens is 226 g/mol. The second-order valence-corrected chi connectivity index (χ2v) is 4.49. The van der Waals surface area contributed by atoms with Gasteiger partial charge in [-0.2, -0.15) is 5.26 Å². The molecule has 0 bridgehead atoms. The lowest BCUT2D eigenvalue weighted by atomic mass is 9.81. The predicted octanol–water partition coefficient (Wildman–Crippen LogP) is 1.40. The second kappa shape index (κ2) is 4.60. The zero-order valence-corrected chi connectivity index (χ0v) is 9.42. The standard InChI is InChI=1S/C10H11N3O2S/c11-7-10(1-4-15-5-2-10)8(14)13-9-12-3-6-16-9/h3,6H,1-2,4-5H2,(H,12,13,14). The molecule has 0 atom stereocenters. The summed E-state index contributed by atoms with van der Waals surface area (Å²) < 4.78 is 5.17. The van der Waals surface area contributed by atoms with Crippen LogP contribution in [-0.2, 0) is 9.53 Å². The van der Waals surface area contributed by atoms with Crippen molar-refractivity contribution in [3.8, 4) is 6.07 Å². The van der Waals surface area contributed by atoms with Gasteiger partial charge in [0.2, 0.25) is 5.91 Å². The molecule has 0 spiro atoms. The van der Waals surface area contributed by atoms with Crippen LogP contribution in [0.4, 0.5) is 5.13 Å². The molecule has 84 valence electrons. The van der Waals surface area contributed by atoms with Crippen molar-refractivity contribution < 1.29 is 9.53 Å². The van der Waals surface area contributed by atoms with Crippen molar-refractivity contribution in [3.63, 3.8) is 0 Å². The average Bonchev–Trinajstić information content (AvgIpc) is 2.82. The summed E-state index contributed by atoms with van der Waals surface area (Å²) in [5.41, 5.74) is -0.954. The van der Waals surface area contributed by atoms with Crippen LogP contribution in [0.25, 0.3) is 0 Å². The molecule has 1 saturated heterocycles. The highest BCUT2D eigenvalue weighted by molar-refractivity contribution is 7.13. The van der Waals surface area contributed by atoms with E-state index in [1.165, 1.54) is 11.3 Å². The van der Waals surface area contributed by atoms with Crippen LogP contribution in [-0.4, -0.2) is 24.1 Å². The zero-order chi connectivity index (χ0) is 11.4. The number of hydrogen-bond donors (Lipinski definition) is 1. The Morgan fingerprint density at radius 1 is 1.62 bits per heavy atom. The third-order valence-corrected chi connectivity index (χ3v) is 3.34. The van der Waals surface area contributed by atoms with E-state index in [9.17, 15) is 4.79 Å². The minimum atomic E-state index is -0.954. The number of hydrogen-bond acceptors (Lipinski definition) is 5. The van der Waals surface area contributed by atoms with Crippen LogP contribution in [0.1, 0.15) is 12.8 Å². The van der Waals surface area contributed by atoms with E-state index in [2.05, 4.69) is 16.4 Å². The maximum absolute atomic E-state index is 12.0. The molecular formula is C10H11N3O2S.